The molecule has 0 saturated heterocycles. The Hall–Kier alpha value is -3.19. The molecule has 1 atom stereocenters. The van der Waals surface area contributed by atoms with Crippen LogP contribution in [0.5, 0.6) is 0 Å². The number of rotatable bonds is 7. The van der Waals surface area contributed by atoms with Crippen LogP contribution in [0.4, 0.5) is 0 Å². The lowest BCUT2D eigenvalue weighted by Crippen LogP contribution is -2.28. The number of benzene rings is 2. The fraction of sp³-hybridized carbons (Fsp3) is 0.250. The van der Waals surface area contributed by atoms with Gasteiger partial charge >= 0.3 is 0 Å². The number of carbonyl (C=O) groups excluding carboxylic acids is 1. The molecular weight excluding hydrogens is 406 g/mol. The molecule has 4 aromatic rings. The van der Waals surface area contributed by atoms with E-state index in [-0.39, 0.29) is 11.9 Å². The van der Waals surface area contributed by atoms with Crippen molar-refractivity contribution >= 4 is 28.4 Å². The summed E-state index contributed by atoms with van der Waals surface area (Å²) in [7, 11) is 0. The van der Waals surface area contributed by atoms with Crippen molar-refractivity contribution in [1.29, 1.82) is 0 Å². The Balaban J connectivity index is 1.26. The third-order valence-corrected chi connectivity index (χ3v) is 6.44. The lowest BCUT2D eigenvalue weighted by Gasteiger charge is -2.15. The largest absolute Gasteiger partial charge is 0.349 e. The van der Waals surface area contributed by atoms with E-state index in [1.165, 1.54) is 22.5 Å². The average Bonchev–Trinajstić information content (AvgIpc) is 3.56. The summed E-state index contributed by atoms with van der Waals surface area (Å²) in [6, 6.07) is 18.8. The zero-order valence-electron chi connectivity index (χ0n) is 17.2. The summed E-state index contributed by atoms with van der Waals surface area (Å²) >= 11 is 1.44. The summed E-state index contributed by atoms with van der Waals surface area (Å²) in [5, 5.41) is 15.0. The van der Waals surface area contributed by atoms with Crippen LogP contribution in [0, 0.1) is 0 Å². The first kappa shape index (κ1) is 19.8. The van der Waals surface area contributed by atoms with Crippen LogP contribution >= 0.6 is 11.8 Å². The molecule has 2 aromatic carbocycles. The van der Waals surface area contributed by atoms with Crippen molar-refractivity contribution in [2.45, 2.75) is 37.0 Å². The van der Waals surface area contributed by atoms with Gasteiger partial charge in [-0.1, -0.05) is 48.2 Å². The molecule has 1 aliphatic rings. The van der Waals surface area contributed by atoms with Gasteiger partial charge in [-0.15, -0.1) is 10.2 Å². The van der Waals surface area contributed by atoms with Crippen molar-refractivity contribution in [3.05, 3.63) is 72.6 Å². The Bertz CT molecular complexity index is 1220. The maximum atomic E-state index is 12.6. The smallest absolute Gasteiger partial charge is 0.230 e. The quantitative estimate of drug-likeness (QED) is 0.427. The Morgan fingerprint density at radius 1 is 1.10 bits per heavy atom. The van der Waals surface area contributed by atoms with Crippen molar-refractivity contribution in [3.8, 4) is 11.4 Å². The molecule has 1 amide bonds. The van der Waals surface area contributed by atoms with Crippen LogP contribution in [0.3, 0.4) is 0 Å². The van der Waals surface area contributed by atoms with Crippen LogP contribution in [-0.2, 0) is 4.79 Å². The number of nitrogens with zero attached hydrogens (tertiary/aromatic N) is 4. The molecule has 6 nitrogen and oxygen atoms in total. The standard InChI is InChI=1S/C24H23N5OS/c1-16(19-7-6-17-4-2-3-5-20(17)14-19)26-22(30)15-31-24-28-27-23(29(24)21-8-9-21)18-10-12-25-13-11-18/h2-7,10-14,16,21H,8-9,15H2,1H3,(H,26,30)/t16-/m0/s1. The molecule has 1 saturated carbocycles. The highest BCUT2D eigenvalue weighted by atomic mass is 32.2. The van der Waals surface area contributed by atoms with Crippen LogP contribution in [0.2, 0.25) is 0 Å². The van der Waals surface area contributed by atoms with E-state index in [4.69, 9.17) is 0 Å². The minimum atomic E-state index is -0.0635. The van der Waals surface area contributed by atoms with Crippen LogP contribution in [-0.4, -0.2) is 31.4 Å². The number of nitrogens with one attached hydrogen (secondary N) is 1. The first-order chi connectivity index (χ1) is 15.2. The molecule has 1 aliphatic carbocycles. The molecule has 0 spiro atoms. The summed E-state index contributed by atoms with van der Waals surface area (Å²) < 4.78 is 2.17. The molecule has 2 aromatic heterocycles. The van der Waals surface area contributed by atoms with E-state index in [0.717, 1.165) is 34.9 Å². The molecule has 2 heterocycles. The number of thioether (sulfide) groups is 1. The molecule has 7 heteroatoms. The van der Waals surface area contributed by atoms with Gasteiger partial charge < -0.3 is 5.32 Å². The lowest BCUT2D eigenvalue weighted by molar-refractivity contribution is -0.119. The maximum absolute atomic E-state index is 12.6. The van der Waals surface area contributed by atoms with Crippen molar-refractivity contribution < 1.29 is 4.79 Å². The fourth-order valence-corrected chi connectivity index (χ4v) is 4.53. The Kier molecular flexibility index (Phi) is 5.42. The van der Waals surface area contributed by atoms with Gasteiger partial charge in [0.05, 0.1) is 11.8 Å². The highest BCUT2D eigenvalue weighted by molar-refractivity contribution is 7.99. The van der Waals surface area contributed by atoms with Crippen LogP contribution in [0.25, 0.3) is 22.2 Å². The zero-order chi connectivity index (χ0) is 21.2. The summed E-state index contributed by atoms with van der Waals surface area (Å²) in [5.41, 5.74) is 2.09. The number of fused-ring (bicyclic) bond motifs is 1. The average molecular weight is 430 g/mol. The number of pyridine rings is 1. The van der Waals surface area contributed by atoms with E-state index in [0.29, 0.717) is 11.8 Å². The number of carbonyl (C=O) groups is 1. The molecular formula is C24H23N5OS. The van der Waals surface area contributed by atoms with E-state index >= 15 is 0 Å². The second-order valence-electron chi connectivity index (χ2n) is 7.83. The number of hydrogen-bond donors (Lipinski definition) is 1. The van der Waals surface area contributed by atoms with Gasteiger partial charge in [0.25, 0.3) is 0 Å². The highest BCUT2D eigenvalue weighted by Gasteiger charge is 2.30. The van der Waals surface area contributed by atoms with Crippen molar-refractivity contribution in [3.63, 3.8) is 0 Å². The minimum Gasteiger partial charge on any atom is -0.349 e. The van der Waals surface area contributed by atoms with Crippen LogP contribution in [0.1, 0.15) is 37.4 Å². The molecule has 1 fully saturated rings. The van der Waals surface area contributed by atoms with Crippen molar-refractivity contribution in [1.82, 2.24) is 25.1 Å². The molecule has 0 aliphatic heterocycles. The van der Waals surface area contributed by atoms with Gasteiger partial charge in [0.1, 0.15) is 0 Å². The highest BCUT2D eigenvalue weighted by Crippen LogP contribution is 2.40. The molecule has 0 bridgehead atoms. The van der Waals surface area contributed by atoms with Gasteiger partial charge in [-0.3, -0.25) is 14.3 Å². The van der Waals surface area contributed by atoms with E-state index in [1.807, 2.05) is 31.2 Å². The Morgan fingerprint density at radius 3 is 2.65 bits per heavy atom. The van der Waals surface area contributed by atoms with Gasteiger partial charge in [0.2, 0.25) is 5.91 Å². The molecule has 31 heavy (non-hydrogen) atoms. The predicted octanol–water partition coefficient (Wildman–Crippen LogP) is 4.80. The number of amides is 1. The molecule has 1 N–H and O–H groups in total. The van der Waals surface area contributed by atoms with Crippen molar-refractivity contribution in [2.75, 3.05) is 5.75 Å². The lowest BCUT2D eigenvalue weighted by atomic mass is 10.0. The summed E-state index contributed by atoms with van der Waals surface area (Å²) in [6.45, 7) is 2.01. The third kappa shape index (κ3) is 4.32. The monoisotopic (exact) mass is 429 g/mol. The topological polar surface area (TPSA) is 72.7 Å². The number of aromatic nitrogens is 4. The van der Waals surface area contributed by atoms with Crippen LogP contribution < -0.4 is 5.32 Å². The third-order valence-electron chi connectivity index (χ3n) is 5.50. The Labute approximate surface area is 185 Å². The van der Waals surface area contributed by atoms with Gasteiger partial charge in [-0.2, -0.15) is 0 Å². The van der Waals surface area contributed by atoms with Crippen molar-refractivity contribution in [2.24, 2.45) is 0 Å². The molecule has 156 valence electrons. The van der Waals surface area contributed by atoms with E-state index in [9.17, 15) is 4.79 Å². The van der Waals surface area contributed by atoms with Gasteiger partial charge in [0, 0.05) is 24.0 Å². The second kappa shape index (κ2) is 8.51. The SMILES string of the molecule is C[C@H](NC(=O)CSc1nnc(-c2ccncc2)n1C1CC1)c1ccc2ccccc2c1. The summed E-state index contributed by atoms with van der Waals surface area (Å²) in [4.78, 5) is 16.7. The Morgan fingerprint density at radius 2 is 1.87 bits per heavy atom. The summed E-state index contributed by atoms with van der Waals surface area (Å²) in [6.07, 6.45) is 5.76. The normalized spacial score (nSPS) is 14.5. The zero-order valence-corrected chi connectivity index (χ0v) is 18.0. The van der Waals surface area contributed by atoms with E-state index < -0.39 is 0 Å². The molecule has 0 unspecified atom stereocenters. The van der Waals surface area contributed by atoms with E-state index in [1.54, 1.807) is 12.4 Å². The molecule has 5 rings (SSSR count). The maximum Gasteiger partial charge on any atom is 0.230 e. The fourth-order valence-electron chi connectivity index (χ4n) is 3.71. The predicted molar refractivity (Wildman–Crippen MR) is 123 cm³/mol. The second-order valence-corrected chi connectivity index (χ2v) is 8.77. The summed E-state index contributed by atoms with van der Waals surface area (Å²) in [5.74, 6) is 1.14. The van der Waals surface area contributed by atoms with Gasteiger partial charge in [-0.25, -0.2) is 0 Å². The minimum absolute atomic E-state index is 0.0125. The van der Waals surface area contributed by atoms with Gasteiger partial charge in [-0.05, 0) is 54.3 Å². The molecule has 0 radical (unpaired) electrons. The van der Waals surface area contributed by atoms with Gasteiger partial charge in [0.15, 0.2) is 11.0 Å². The number of hydrogen-bond acceptors (Lipinski definition) is 5. The van der Waals surface area contributed by atoms with E-state index in [2.05, 4.69) is 55.4 Å². The first-order valence-corrected chi connectivity index (χ1v) is 11.4. The first-order valence-electron chi connectivity index (χ1n) is 10.5. The van der Waals surface area contributed by atoms with Crippen LogP contribution in [0.15, 0.2) is 72.1 Å².